The van der Waals surface area contributed by atoms with E-state index in [2.05, 4.69) is 26.8 Å². The minimum Gasteiger partial charge on any atom is -0.460 e. The molecule has 0 amide bonds. The van der Waals surface area contributed by atoms with Crippen molar-refractivity contribution in [1.82, 2.24) is 0 Å². The second-order valence-corrected chi connectivity index (χ2v) is 8.30. The molecule has 0 aromatic heterocycles. The first kappa shape index (κ1) is 19.9. The molecule has 1 aliphatic rings. The zero-order valence-electron chi connectivity index (χ0n) is 15.8. The van der Waals surface area contributed by atoms with Gasteiger partial charge < -0.3 is 4.74 Å². The third-order valence-corrected chi connectivity index (χ3v) is 4.52. The van der Waals surface area contributed by atoms with Gasteiger partial charge in [-0.2, -0.15) is 0 Å². The molecule has 23 heavy (non-hydrogen) atoms. The first-order valence-corrected chi connectivity index (χ1v) is 8.97. The van der Waals surface area contributed by atoms with E-state index in [-0.39, 0.29) is 17.3 Å². The third kappa shape index (κ3) is 6.48. The summed E-state index contributed by atoms with van der Waals surface area (Å²) in [6.07, 6.45) is 7.81. The molecule has 132 valence electrons. The summed E-state index contributed by atoms with van der Waals surface area (Å²) in [5, 5.41) is 0. The number of allylic oxidation sites excluding steroid dienone is 2. The van der Waals surface area contributed by atoms with Crippen LogP contribution < -0.4 is 0 Å². The average Bonchev–Trinajstić information content (AvgIpc) is 2.37. The molecule has 1 fully saturated rings. The fraction of sp³-hybridized carbons (Fsp3) is 0.800. The maximum Gasteiger partial charge on any atom is 0.306 e. The van der Waals surface area contributed by atoms with Gasteiger partial charge in [-0.1, -0.05) is 31.4 Å². The van der Waals surface area contributed by atoms with Crippen molar-refractivity contribution >= 4 is 11.8 Å². The van der Waals surface area contributed by atoms with E-state index in [0.717, 1.165) is 25.7 Å². The van der Waals surface area contributed by atoms with Crippen molar-refractivity contribution in [3.05, 3.63) is 11.6 Å². The van der Waals surface area contributed by atoms with E-state index in [1.807, 2.05) is 20.8 Å². The number of unbranched alkanes of at least 4 members (excludes halogenated alkanes) is 1. The second-order valence-electron chi connectivity index (χ2n) is 8.30. The van der Waals surface area contributed by atoms with E-state index >= 15 is 0 Å². The number of carbonyl (C=O) groups excluding carboxylic acids is 2. The number of hydrogen-bond acceptors (Lipinski definition) is 3. The lowest BCUT2D eigenvalue weighted by atomic mass is 9.61. The highest BCUT2D eigenvalue weighted by atomic mass is 16.6. The molecule has 0 N–H and O–H groups in total. The summed E-state index contributed by atoms with van der Waals surface area (Å²) in [4.78, 5) is 24.5. The van der Waals surface area contributed by atoms with E-state index in [0.29, 0.717) is 25.0 Å². The van der Waals surface area contributed by atoms with E-state index < -0.39 is 5.60 Å². The summed E-state index contributed by atoms with van der Waals surface area (Å²) >= 11 is 0. The summed E-state index contributed by atoms with van der Waals surface area (Å²) in [5.41, 5.74) is 0.607. The van der Waals surface area contributed by atoms with Crippen molar-refractivity contribution in [1.29, 1.82) is 0 Å². The Balaban J connectivity index is 3.00. The van der Waals surface area contributed by atoms with Crippen LogP contribution >= 0.6 is 0 Å². The maximum atomic E-state index is 12.3. The fourth-order valence-corrected chi connectivity index (χ4v) is 3.73. The van der Waals surface area contributed by atoms with Crippen molar-refractivity contribution in [3.8, 4) is 0 Å². The van der Waals surface area contributed by atoms with Crippen LogP contribution in [0.1, 0.15) is 86.5 Å². The summed E-state index contributed by atoms with van der Waals surface area (Å²) in [7, 11) is 0. The van der Waals surface area contributed by atoms with Crippen LogP contribution in [0.4, 0.5) is 0 Å². The zero-order chi connectivity index (χ0) is 17.7. The van der Waals surface area contributed by atoms with E-state index in [1.54, 1.807) is 0 Å². The molecule has 1 saturated carbocycles. The van der Waals surface area contributed by atoms with Gasteiger partial charge in [0.05, 0.1) is 0 Å². The molecule has 0 saturated heterocycles. The van der Waals surface area contributed by atoms with Crippen LogP contribution in [-0.4, -0.2) is 17.4 Å². The number of esters is 1. The van der Waals surface area contributed by atoms with Crippen molar-refractivity contribution in [3.63, 3.8) is 0 Å². The molecule has 2 atom stereocenters. The molecule has 0 heterocycles. The molecule has 0 bridgehead atoms. The number of rotatable bonds is 6. The largest absolute Gasteiger partial charge is 0.460 e. The van der Waals surface area contributed by atoms with Gasteiger partial charge in [-0.05, 0) is 58.8 Å². The van der Waals surface area contributed by atoms with Crippen LogP contribution in [0, 0.1) is 11.3 Å². The van der Waals surface area contributed by atoms with Crippen LogP contribution in [0.3, 0.4) is 0 Å². The van der Waals surface area contributed by atoms with Gasteiger partial charge in [0.1, 0.15) is 11.4 Å². The van der Waals surface area contributed by atoms with Crippen molar-refractivity contribution in [2.45, 2.75) is 92.1 Å². The number of Topliss-reactive ketones (excluding diaryl/α,β-unsaturated/α-hetero) is 1. The summed E-state index contributed by atoms with van der Waals surface area (Å²) in [6.45, 7) is 12.0. The highest BCUT2D eigenvalue weighted by molar-refractivity contribution is 5.81. The molecule has 0 aromatic carbocycles. The van der Waals surface area contributed by atoms with E-state index in [4.69, 9.17) is 4.74 Å². The van der Waals surface area contributed by atoms with Crippen LogP contribution in [0.15, 0.2) is 11.6 Å². The number of hydrogen-bond donors (Lipinski definition) is 0. The molecular weight excluding hydrogens is 288 g/mol. The van der Waals surface area contributed by atoms with Gasteiger partial charge >= 0.3 is 5.97 Å². The Morgan fingerprint density at radius 3 is 2.52 bits per heavy atom. The van der Waals surface area contributed by atoms with Crippen LogP contribution in [0.5, 0.6) is 0 Å². The molecule has 1 rings (SSSR count). The summed E-state index contributed by atoms with van der Waals surface area (Å²) < 4.78 is 5.53. The third-order valence-electron chi connectivity index (χ3n) is 4.52. The number of ketones is 1. The Morgan fingerprint density at radius 2 is 2.00 bits per heavy atom. The second kappa shape index (κ2) is 8.12. The van der Waals surface area contributed by atoms with E-state index in [1.165, 1.54) is 5.57 Å². The van der Waals surface area contributed by atoms with Crippen molar-refractivity contribution < 1.29 is 14.3 Å². The van der Waals surface area contributed by atoms with Gasteiger partial charge in [0.15, 0.2) is 0 Å². The SMILES string of the molecule is CCCCC1(C=C(C)C)CC(=O)CCC1CC(=O)OC(C)(C)C. The summed E-state index contributed by atoms with van der Waals surface area (Å²) in [6, 6.07) is 0. The highest BCUT2D eigenvalue weighted by Gasteiger charge is 2.42. The molecule has 0 radical (unpaired) electrons. The predicted octanol–water partition coefficient (Wildman–Crippen LogP) is 5.23. The molecular formula is C20H34O3. The Kier molecular flexibility index (Phi) is 7.03. The van der Waals surface area contributed by atoms with Gasteiger partial charge in [-0.3, -0.25) is 9.59 Å². The van der Waals surface area contributed by atoms with Gasteiger partial charge in [0.2, 0.25) is 0 Å². The zero-order valence-corrected chi connectivity index (χ0v) is 15.8. The van der Waals surface area contributed by atoms with Gasteiger partial charge in [-0.15, -0.1) is 0 Å². The first-order valence-electron chi connectivity index (χ1n) is 8.97. The van der Waals surface area contributed by atoms with Crippen molar-refractivity contribution in [2.24, 2.45) is 11.3 Å². The predicted molar refractivity (Wildman–Crippen MR) is 94.2 cm³/mol. The van der Waals surface area contributed by atoms with Crippen LogP contribution in [0.25, 0.3) is 0 Å². The normalized spacial score (nSPS) is 25.1. The smallest absolute Gasteiger partial charge is 0.306 e. The first-order chi connectivity index (χ1) is 10.6. The monoisotopic (exact) mass is 322 g/mol. The minimum atomic E-state index is -0.454. The van der Waals surface area contributed by atoms with Crippen LogP contribution in [-0.2, 0) is 14.3 Å². The number of carbonyl (C=O) groups is 2. The molecule has 3 nitrogen and oxygen atoms in total. The Labute approximate surface area is 141 Å². The number of ether oxygens (including phenoxy) is 1. The molecule has 0 aromatic rings. The van der Waals surface area contributed by atoms with Crippen LogP contribution in [0.2, 0.25) is 0 Å². The lowest BCUT2D eigenvalue weighted by molar-refractivity contribution is -0.158. The van der Waals surface area contributed by atoms with Crippen molar-refractivity contribution in [2.75, 3.05) is 0 Å². The molecule has 3 heteroatoms. The Hall–Kier alpha value is -1.12. The molecule has 0 spiro atoms. The lowest BCUT2D eigenvalue weighted by Crippen LogP contribution is -2.38. The fourth-order valence-electron chi connectivity index (χ4n) is 3.73. The Bertz CT molecular complexity index is 452. The minimum absolute atomic E-state index is 0.139. The highest BCUT2D eigenvalue weighted by Crippen LogP contribution is 2.47. The topological polar surface area (TPSA) is 43.4 Å². The molecule has 1 aliphatic carbocycles. The maximum absolute atomic E-state index is 12.3. The molecule has 2 unspecified atom stereocenters. The standard InChI is InChI=1S/C20H34O3/c1-7-8-11-20(13-15(2)3)14-17(21)10-9-16(20)12-18(22)23-19(4,5)6/h13,16H,7-12,14H2,1-6H3. The van der Waals surface area contributed by atoms with Gasteiger partial charge in [-0.25, -0.2) is 0 Å². The van der Waals surface area contributed by atoms with Gasteiger partial charge in [0.25, 0.3) is 0 Å². The van der Waals surface area contributed by atoms with E-state index in [9.17, 15) is 9.59 Å². The lowest BCUT2D eigenvalue weighted by Gasteiger charge is -2.42. The average molecular weight is 322 g/mol. The summed E-state index contributed by atoms with van der Waals surface area (Å²) in [5.74, 6) is 0.399. The molecule has 0 aliphatic heterocycles. The van der Waals surface area contributed by atoms with Gasteiger partial charge in [0, 0.05) is 19.3 Å². The Morgan fingerprint density at radius 1 is 1.35 bits per heavy atom. The quantitative estimate of drug-likeness (QED) is 0.497.